The highest BCUT2D eigenvalue weighted by molar-refractivity contribution is 5.56. The van der Waals surface area contributed by atoms with E-state index in [4.69, 9.17) is 15.7 Å². The monoisotopic (exact) mass is 238 g/mol. The highest BCUT2D eigenvalue weighted by Crippen LogP contribution is 2.32. The van der Waals surface area contributed by atoms with E-state index in [1.54, 1.807) is 6.07 Å². The quantitative estimate of drug-likeness (QED) is 0.814. The van der Waals surface area contributed by atoms with E-state index < -0.39 is 0 Å². The second-order valence-corrected chi connectivity index (χ2v) is 4.14. The highest BCUT2D eigenvalue weighted by atomic mass is 16.5. The maximum absolute atomic E-state index is 9.09. The van der Waals surface area contributed by atoms with E-state index in [-0.39, 0.29) is 0 Å². The van der Waals surface area contributed by atoms with Crippen molar-refractivity contribution in [3.63, 3.8) is 0 Å². The van der Waals surface area contributed by atoms with Crippen LogP contribution in [-0.4, -0.2) is 0 Å². The minimum atomic E-state index is 0.525. The van der Waals surface area contributed by atoms with Crippen LogP contribution in [0.15, 0.2) is 36.4 Å². The minimum absolute atomic E-state index is 0.525. The molecule has 0 heterocycles. The summed E-state index contributed by atoms with van der Waals surface area (Å²) in [4.78, 5) is 0. The Labute approximate surface area is 106 Å². The molecule has 0 saturated heterocycles. The Hall–Kier alpha value is -2.47. The van der Waals surface area contributed by atoms with E-state index in [1.807, 2.05) is 44.2 Å². The lowest BCUT2D eigenvalue weighted by Crippen LogP contribution is -1.96. The molecule has 0 aliphatic carbocycles. The molecule has 2 aromatic carbocycles. The lowest BCUT2D eigenvalue weighted by atomic mass is 10.1. The van der Waals surface area contributed by atoms with Crippen LogP contribution in [-0.2, 0) is 0 Å². The van der Waals surface area contributed by atoms with Crippen molar-refractivity contribution in [2.24, 2.45) is 0 Å². The predicted molar refractivity (Wildman–Crippen MR) is 71.6 cm³/mol. The molecule has 0 atom stereocenters. The molecule has 0 bridgehead atoms. The fourth-order valence-corrected chi connectivity index (χ4v) is 1.73. The van der Waals surface area contributed by atoms with Crippen LogP contribution in [0.4, 0.5) is 5.69 Å². The summed E-state index contributed by atoms with van der Waals surface area (Å²) in [5, 5.41) is 9.09. The van der Waals surface area contributed by atoms with Crippen LogP contribution in [0.25, 0.3) is 0 Å². The number of nitrogens with zero attached hydrogens (tertiary/aromatic N) is 1. The first-order chi connectivity index (χ1) is 8.63. The van der Waals surface area contributed by atoms with Gasteiger partial charge in [-0.05, 0) is 37.6 Å². The second kappa shape index (κ2) is 4.80. The Morgan fingerprint density at radius 1 is 1.11 bits per heavy atom. The largest absolute Gasteiger partial charge is 0.455 e. The molecule has 2 aromatic rings. The van der Waals surface area contributed by atoms with Crippen LogP contribution in [0.3, 0.4) is 0 Å². The summed E-state index contributed by atoms with van der Waals surface area (Å²) in [5.74, 6) is 1.27. The summed E-state index contributed by atoms with van der Waals surface area (Å²) in [6.45, 7) is 3.81. The van der Waals surface area contributed by atoms with Gasteiger partial charge in [0.05, 0.1) is 5.56 Å². The lowest BCUT2D eigenvalue weighted by Gasteiger charge is -2.13. The number of para-hydroxylation sites is 1. The maximum Gasteiger partial charge on any atom is 0.148 e. The second-order valence-electron chi connectivity index (χ2n) is 4.14. The third-order valence-electron chi connectivity index (χ3n) is 2.87. The number of hydrogen-bond acceptors (Lipinski definition) is 3. The van der Waals surface area contributed by atoms with Gasteiger partial charge in [-0.25, -0.2) is 0 Å². The molecule has 90 valence electrons. The van der Waals surface area contributed by atoms with Gasteiger partial charge in [-0.1, -0.05) is 18.2 Å². The molecule has 0 amide bonds. The summed E-state index contributed by atoms with van der Waals surface area (Å²) in [6.07, 6.45) is 0. The van der Waals surface area contributed by atoms with Crippen molar-refractivity contribution in [1.82, 2.24) is 0 Å². The van der Waals surface area contributed by atoms with Gasteiger partial charge in [-0.3, -0.25) is 0 Å². The fourth-order valence-electron chi connectivity index (χ4n) is 1.73. The van der Waals surface area contributed by atoms with Crippen LogP contribution in [0, 0.1) is 25.2 Å². The number of nitriles is 1. The zero-order chi connectivity index (χ0) is 13.1. The van der Waals surface area contributed by atoms with Crippen molar-refractivity contribution in [2.45, 2.75) is 13.8 Å². The number of aryl methyl sites for hydroxylation is 1. The Bertz CT molecular complexity index is 627. The molecule has 0 fully saturated rings. The Kier molecular flexibility index (Phi) is 3.20. The Morgan fingerprint density at radius 2 is 1.83 bits per heavy atom. The number of hydrogen-bond donors (Lipinski definition) is 1. The van der Waals surface area contributed by atoms with Crippen LogP contribution in [0.2, 0.25) is 0 Å². The minimum Gasteiger partial charge on any atom is -0.455 e. The molecule has 2 N–H and O–H groups in total. The smallest absolute Gasteiger partial charge is 0.148 e. The first kappa shape index (κ1) is 12.0. The average molecular weight is 238 g/mol. The zero-order valence-corrected chi connectivity index (χ0v) is 10.4. The van der Waals surface area contributed by atoms with Crippen molar-refractivity contribution < 1.29 is 4.74 Å². The van der Waals surface area contributed by atoms with Crippen LogP contribution < -0.4 is 10.5 Å². The Balaban J connectivity index is 2.47. The molecule has 0 saturated carbocycles. The summed E-state index contributed by atoms with van der Waals surface area (Å²) >= 11 is 0. The third kappa shape index (κ3) is 2.14. The van der Waals surface area contributed by atoms with Crippen molar-refractivity contribution >= 4 is 5.69 Å². The molecular weight excluding hydrogens is 224 g/mol. The first-order valence-electron chi connectivity index (χ1n) is 5.66. The van der Waals surface area contributed by atoms with E-state index in [1.165, 1.54) is 0 Å². The topological polar surface area (TPSA) is 59.0 Å². The number of nitrogen functional groups attached to an aromatic ring is 1. The van der Waals surface area contributed by atoms with Crippen molar-refractivity contribution in [2.75, 3.05) is 5.73 Å². The number of rotatable bonds is 2. The standard InChI is InChI=1S/C15H14N2O/c1-10-5-3-6-12(9-16)15(10)18-14-8-4-7-13(17)11(14)2/h3-8H,17H2,1-2H3. The van der Waals surface area contributed by atoms with E-state index in [0.717, 1.165) is 11.1 Å². The molecule has 18 heavy (non-hydrogen) atoms. The summed E-state index contributed by atoms with van der Waals surface area (Å²) in [5.41, 5.74) is 8.85. The predicted octanol–water partition coefficient (Wildman–Crippen LogP) is 3.55. The van der Waals surface area contributed by atoms with Crippen molar-refractivity contribution in [3.8, 4) is 17.6 Å². The number of ether oxygens (including phenoxy) is 1. The van der Waals surface area contributed by atoms with Crippen LogP contribution in [0.5, 0.6) is 11.5 Å². The first-order valence-corrected chi connectivity index (χ1v) is 5.66. The highest BCUT2D eigenvalue weighted by Gasteiger charge is 2.10. The van der Waals surface area contributed by atoms with Gasteiger partial charge in [-0.2, -0.15) is 5.26 Å². The molecular formula is C15H14N2O. The van der Waals surface area contributed by atoms with E-state index in [9.17, 15) is 0 Å². The molecule has 3 heteroatoms. The molecule has 0 radical (unpaired) electrons. The van der Waals surface area contributed by atoms with Gasteiger partial charge >= 0.3 is 0 Å². The van der Waals surface area contributed by atoms with Gasteiger partial charge < -0.3 is 10.5 Å². The van der Waals surface area contributed by atoms with Gasteiger partial charge in [0.2, 0.25) is 0 Å². The van der Waals surface area contributed by atoms with Gasteiger partial charge in [0.1, 0.15) is 17.6 Å². The molecule has 2 rings (SSSR count). The van der Waals surface area contributed by atoms with Gasteiger partial charge in [0.15, 0.2) is 0 Å². The maximum atomic E-state index is 9.09. The molecule has 0 spiro atoms. The normalized spacial score (nSPS) is 9.83. The molecule has 3 nitrogen and oxygen atoms in total. The molecule has 0 aliphatic rings. The zero-order valence-electron chi connectivity index (χ0n) is 10.4. The SMILES string of the molecule is Cc1cccc(C#N)c1Oc1cccc(N)c1C. The van der Waals surface area contributed by atoms with Gasteiger partial charge in [0.25, 0.3) is 0 Å². The molecule has 0 aliphatic heterocycles. The molecule has 0 aromatic heterocycles. The number of benzene rings is 2. The Morgan fingerprint density at radius 3 is 2.56 bits per heavy atom. The summed E-state index contributed by atoms with van der Waals surface area (Å²) < 4.78 is 5.84. The summed E-state index contributed by atoms with van der Waals surface area (Å²) in [7, 11) is 0. The van der Waals surface area contributed by atoms with Gasteiger partial charge in [0, 0.05) is 11.3 Å². The number of nitrogens with two attached hydrogens (primary N) is 1. The molecule has 0 unspecified atom stereocenters. The van der Waals surface area contributed by atoms with Gasteiger partial charge in [-0.15, -0.1) is 0 Å². The number of anilines is 1. The van der Waals surface area contributed by atoms with E-state index >= 15 is 0 Å². The van der Waals surface area contributed by atoms with Crippen molar-refractivity contribution in [3.05, 3.63) is 53.1 Å². The average Bonchev–Trinajstić information content (AvgIpc) is 2.37. The van der Waals surface area contributed by atoms with Crippen LogP contribution >= 0.6 is 0 Å². The van der Waals surface area contributed by atoms with Crippen LogP contribution in [0.1, 0.15) is 16.7 Å². The van der Waals surface area contributed by atoms with Crippen molar-refractivity contribution in [1.29, 1.82) is 5.26 Å². The lowest BCUT2D eigenvalue weighted by molar-refractivity contribution is 0.474. The van der Waals surface area contributed by atoms with E-state index in [0.29, 0.717) is 22.7 Å². The summed E-state index contributed by atoms with van der Waals surface area (Å²) in [6, 6.07) is 13.1. The third-order valence-corrected chi connectivity index (χ3v) is 2.87. The van der Waals surface area contributed by atoms with E-state index in [2.05, 4.69) is 6.07 Å². The fraction of sp³-hybridized carbons (Fsp3) is 0.133.